The molecule has 6 nitrogen and oxygen atoms in total. The third kappa shape index (κ3) is 3.96. The first-order valence-electron chi connectivity index (χ1n) is 9.77. The zero-order valence-corrected chi connectivity index (χ0v) is 16.9. The van der Waals surface area contributed by atoms with E-state index in [9.17, 15) is 0 Å². The topological polar surface area (TPSA) is 55.4 Å². The number of benzene rings is 2. The predicted octanol–water partition coefficient (Wildman–Crippen LogP) is 3.65. The highest BCUT2D eigenvalue weighted by molar-refractivity contribution is 7.99. The molecule has 3 aliphatic rings. The average Bonchev–Trinajstić information content (AvgIpc) is 3.03. The Morgan fingerprint density at radius 3 is 2.24 bits per heavy atom. The Balaban J connectivity index is 1.39. The highest BCUT2D eigenvalue weighted by atomic mass is 32.2. The lowest BCUT2D eigenvalue weighted by Crippen LogP contribution is -2.63. The Labute approximate surface area is 174 Å². The van der Waals surface area contributed by atoms with E-state index < -0.39 is 18.7 Å². The summed E-state index contributed by atoms with van der Waals surface area (Å²) in [6.45, 7) is 0.409. The Morgan fingerprint density at radius 2 is 1.52 bits per heavy atom. The number of hydrogen-bond donors (Lipinski definition) is 0. The number of ether oxygens (including phenoxy) is 6. The standard InChI is InChI=1S/C22H24O6S/c1-23-21-19-18(25-13-29-22(28-19)15-10-6-3-7-11-15)17-16(26-21)12-24-20(27-17)14-8-4-2-5-9-14/h2-11,16-22H,12-13H2,1H3/t16-,17-,18+,19-,20-,21+,22+/m1/s1. The van der Waals surface area contributed by atoms with Gasteiger partial charge in [-0.1, -0.05) is 72.4 Å². The van der Waals surface area contributed by atoms with Crippen LogP contribution in [-0.2, 0) is 28.4 Å². The lowest BCUT2D eigenvalue weighted by molar-refractivity contribution is -0.365. The molecular weight excluding hydrogens is 392 g/mol. The van der Waals surface area contributed by atoms with Crippen LogP contribution in [0.2, 0.25) is 0 Å². The van der Waals surface area contributed by atoms with Crippen molar-refractivity contribution in [3.63, 3.8) is 0 Å². The van der Waals surface area contributed by atoms with Gasteiger partial charge in [0.25, 0.3) is 0 Å². The van der Waals surface area contributed by atoms with Gasteiger partial charge in [-0.15, -0.1) is 0 Å². The van der Waals surface area contributed by atoms with E-state index in [1.54, 1.807) is 18.9 Å². The van der Waals surface area contributed by atoms with Gasteiger partial charge < -0.3 is 28.4 Å². The van der Waals surface area contributed by atoms with Crippen molar-refractivity contribution >= 4 is 11.8 Å². The maximum atomic E-state index is 6.46. The molecule has 0 aromatic heterocycles. The molecule has 0 aliphatic carbocycles. The lowest BCUT2D eigenvalue weighted by Gasteiger charge is -2.48. The summed E-state index contributed by atoms with van der Waals surface area (Å²) in [4.78, 5) is 0. The lowest BCUT2D eigenvalue weighted by atomic mass is 9.97. The molecule has 3 saturated heterocycles. The smallest absolute Gasteiger partial charge is 0.186 e. The fourth-order valence-corrected chi connectivity index (χ4v) is 4.91. The summed E-state index contributed by atoms with van der Waals surface area (Å²) in [5.41, 5.74) is 1.91. The second-order valence-corrected chi connectivity index (χ2v) is 8.21. The third-order valence-corrected chi connectivity index (χ3v) is 6.38. The number of hydrogen-bond acceptors (Lipinski definition) is 7. The molecule has 7 heteroatoms. The Bertz CT molecular complexity index is 790. The van der Waals surface area contributed by atoms with E-state index in [4.69, 9.17) is 28.4 Å². The summed E-state index contributed by atoms with van der Waals surface area (Å²) in [7, 11) is 1.62. The molecule has 2 aromatic carbocycles. The molecular formula is C22H24O6S. The van der Waals surface area contributed by atoms with Crippen molar-refractivity contribution in [2.24, 2.45) is 0 Å². The van der Waals surface area contributed by atoms with Gasteiger partial charge in [0, 0.05) is 12.7 Å². The van der Waals surface area contributed by atoms with E-state index in [0.717, 1.165) is 11.1 Å². The van der Waals surface area contributed by atoms with Crippen LogP contribution < -0.4 is 0 Å². The van der Waals surface area contributed by atoms with Crippen molar-refractivity contribution in [2.75, 3.05) is 19.7 Å². The quantitative estimate of drug-likeness (QED) is 0.757. The molecule has 5 rings (SSSR count). The molecule has 3 aliphatic heterocycles. The first-order valence-corrected chi connectivity index (χ1v) is 10.8. The van der Waals surface area contributed by atoms with Crippen LogP contribution in [0.25, 0.3) is 0 Å². The van der Waals surface area contributed by atoms with E-state index in [0.29, 0.717) is 12.5 Å². The summed E-state index contributed by atoms with van der Waals surface area (Å²) < 4.78 is 36.7. The molecule has 0 amide bonds. The minimum absolute atomic E-state index is 0.159. The third-order valence-electron chi connectivity index (χ3n) is 5.42. The van der Waals surface area contributed by atoms with Gasteiger partial charge in [0.1, 0.15) is 29.9 Å². The molecule has 154 valence electrons. The molecule has 0 N–H and O–H groups in total. The van der Waals surface area contributed by atoms with Gasteiger partial charge in [-0.3, -0.25) is 0 Å². The van der Waals surface area contributed by atoms with Crippen LogP contribution in [0.15, 0.2) is 60.7 Å². The van der Waals surface area contributed by atoms with Crippen LogP contribution in [0.5, 0.6) is 0 Å². The van der Waals surface area contributed by atoms with E-state index in [2.05, 4.69) is 12.1 Å². The van der Waals surface area contributed by atoms with Crippen LogP contribution in [0, 0.1) is 0 Å². The Hall–Kier alpha value is -1.45. The van der Waals surface area contributed by atoms with Gasteiger partial charge in [0.15, 0.2) is 12.6 Å². The van der Waals surface area contributed by atoms with Crippen LogP contribution in [0.3, 0.4) is 0 Å². The molecule has 3 heterocycles. The SMILES string of the molecule is CO[C@H]1O[C@@H]2CO[C@@H](c3ccccc3)O[C@H]2[C@@H]2OCS[C@@H](c3ccccc3)O[C@@H]12. The second kappa shape index (κ2) is 8.73. The van der Waals surface area contributed by atoms with Gasteiger partial charge in [0.05, 0.1) is 12.5 Å². The highest BCUT2D eigenvalue weighted by Gasteiger charge is 2.53. The second-order valence-electron chi connectivity index (χ2n) is 7.21. The van der Waals surface area contributed by atoms with Crippen molar-refractivity contribution in [3.05, 3.63) is 71.8 Å². The minimum atomic E-state index is -0.549. The Morgan fingerprint density at radius 1 is 0.793 bits per heavy atom. The normalized spacial score (nSPS) is 37.2. The summed E-state index contributed by atoms with van der Waals surface area (Å²) in [6.07, 6.45) is -2.30. The van der Waals surface area contributed by atoms with Crippen molar-refractivity contribution in [3.8, 4) is 0 Å². The first-order chi connectivity index (χ1) is 14.3. The average molecular weight is 416 g/mol. The van der Waals surface area contributed by atoms with Crippen LogP contribution >= 0.6 is 11.8 Å². The molecule has 0 spiro atoms. The van der Waals surface area contributed by atoms with Crippen LogP contribution in [0.1, 0.15) is 22.9 Å². The molecule has 0 unspecified atom stereocenters. The number of thioether (sulfide) groups is 1. The minimum Gasteiger partial charge on any atom is -0.362 e. The molecule has 0 saturated carbocycles. The number of methoxy groups -OCH3 is 1. The predicted molar refractivity (Wildman–Crippen MR) is 107 cm³/mol. The summed E-state index contributed by atoms with van der Waals surface area (Å²) in [5.74, 6) is 0.501. The molecule has 0 radical (unpaired) electrons. The summed E-state index contributed by atoms with van der Waals surface area (Å²) >= 11 is 1.61. The van der Waals surface area contributed by atoms with Crippen molar-refractivity contribution in [2.45, 2.75) is 42.4 Å². The van der Waals surface area contributed by atoms with Gasteiger partial charge in [0.2, 0.25) is 0 Å². The summed E-state index contributed by atoms with van der Waals surface area (Å²) in [5, 5.41) is 0. The number of rotatable bonds is 3. The Kier molecular flexibility index (Phi) is 5.87. The fraction of sp³-hybridized carbons (Fsp3) is 0.455. The monoisotopic (exact) mass is 416 g/mol. The maximum absolute atomic E-state index is 6.46. The van der Waals surface area contributed by atoms with Crippen LogP contribution in [0.4, 0.5) is 0 Å². The van der Waals surface area contributed by atoms with E-state index in [1.165, 1.54) is 0 Å². The maximum Gasteiger partial charge on any atom is 0.186 e. The zero-order valence-electron chi connectivity index (χ0n) is 16.1. The first kappa shape index (κ1) is 19.5. The van der Waals surface area contributed by atoms with E-state index >= 15 is 0 Å². The van der Waals surface area contributed by atoms with Crippen molar-refractivity contribution < 1.29 is 28.4 Å². The van der Waals surface area contributed by atoms with E-state index in [1.807, 2.05) is 48.5 Å². The largest absolute Gasteiger partial charge is 0.362 e. The van der Waals surface area contributed by atoms with E-state index in [-0.39, 0.29) is 23.7 Å². The van der Waals surface area contributed by atoms with Crippen molar-refractivity contribution in [1.82, 2.24) is 0 Å². The zero-order chi connectivity index (χ0) is 19.6. The van der Waals surface area contributed by atoms with Gasteiger partial charge in [-0.2, -0.15) is 0 Å². The molecule has 2 aromatic rings. The molecule has 0 bridgehead atoms. The highest BCUT2D eigenvalue weighted by Crippen LogP contribution is 2.42. The van der Waals surface area contributed by atoms with Gasteiger partial charge >= 0.3 is 0 Å². The van der Waals surface area contributed by atoms with Crippen LogP contribution in [-0.4, -0.2) is 50.4 Å². The number of fused-ring (bicyclic) bond motifs is 3. The molecule has 29 heavy (non-hydrogen) atoms. The van der Waals surface area contributed by atoms with Gasteiger partial charge in [-0.05, 0) is 5.56 Å². The summed E-state index contributed by atoms with van der Waals surface area (Å²) in [6, 6.07) is 20.0. The van der Waals surface area contributed by atoms with Crippen molar-refractivity contribution in [1.29, 1.82) is 0 Å². The fourth-order valence-electron chi connectivity index (χ4n) is 4.00. The molecule has 3 fully saturated rings. The molecule has 7 atom stereocenters. The van der Waals surface area contributed by atoms with Gasteiger partial charge in [-0.25, -0.2) is 0 Å².